The van der Waals surface area contributed by atoms with Gasteiger partial charge in [-0.25, -0.2) is 0 Å². The lowest BCUT2D eigenvalue weighted by molar-refractivity contribution is 0.102. The molecule has 3 aromatic rings. The Kier molecular flexibility index (Phi) is 7.55. The van der Waals surface area contributed by atoms with Crippen LogP contribution in [0.5, 0.6) is 0 Å². The van der Waals surface area contributed by atoms with Gasteiger partial charge in [0.15, 0.2) is 5.69 Å². The number of fused-ring (bicyclic) bond motifs is 1. The average molecular weight is 482 g/mol. The van der Waals surface area contributed by atoms with Crippen molar-refractivity contribution in [2.75, 3.05) is 54.4 Å². The number of carbonyl (C=O) groups is 1. The van der Waals surface area contributed by atoms with Gasteiger partial charge in [0.05, 0.1) is 29.2 Å². The topological polar surface area (TPSA) is 112 Å². The molecular formula is C20H28ClN7O3S. The molecule has 1 aromatic carbocycles. The lowest BCUT2D eigenvalue weighted by Gasteiger charge is -2.25. The summed E-state index contributed by atoms with van der Waals surface area (Å²) in [5.74, 6) is -0.331. The summed E-state index contributed by atoms with van der Waals surface area (Å²) < 4.78 is 7.32. The van der Waals surface area contributed by atoms with Crippen molar-refractivity contribution >= 4 is 60.1 Å². The van der Waals surface area contributed by atoms with Crippen molar-refractivity contribution in [1.29, 1.82) is 0 Å². The van der Waals surface area contributed by atoms with Crippen LogP contribution in [0.4, 0.5) is 17.4 Å². The normalized spacial score (nSPS) is 18.4. The largest absolute Gasteiger partial charge is 0.431 e. The molecule has 10 nitrogen and oxygen atoms in total. The molecule has 0 saturated carbocycles. The standard InChI is InChI=1S/C20H25N7O3.ClH.H2S/c1-25-17-9-15(18(8-13(17)10-22-25)27-5-2-14(28)11-27)23-19(29)16-12-30-20(24-16)26-6-3-21-4-7-26;;/h8-10,12,14,21,28H,2-7,11H2,1H3,(H,23,29);1H;1H2/t14-;;/m0../s1. The van der Waals surface area contributed by atoms with Crippen LogP contribution in [0, 0.1) is 0 Å². The lowest BCUT2D eigenvalue weighted by Crippen LogP contribution is -2.43. The molecule has 3 N–H and O–H groups in total. The molecule has 2 aliphatic heterocycles. The van der Waals surface area contributed by atoms with Crippen LogP contribution in [0.3, 0.4) is 0 Å². The van der Waals surface area contributed by atoms with E-state index in [4.69, 9.17) is 4.42 Å². The van der Waals surface area contributed by atoms with Crippen molar-refractivity contribution in [2.24, 2.45) is 7.05 Å². The van der Waals surface area contributed by atoms with Gasteiger partial charge in [0.1, 0.15) is 6.26 Å². The van der Waals surface area contributed by atoms with Crippen LogP contribution < -0.4 is 20.4 Å². The first kappa shape index (κ1) is 24.2. The average Bonchev–Trinajstić information content (AvgIpc) is 3.49. The maximum absolute atomic E-state index is 12.9. The number of aryl methyl sites for hydroxylation is 1. The second-order valence-corrected chi connectivity index (χ2v) is 7.79. The van der Waals surface area contributed by atoms with E-state index < -0.39 is 0 Å². The number of aromatic nitrogens is 3. The molecule has 174 valence electrons. The fourth-order valence-electron chi connectivity index (χ4n) is 4.07. The number of nitrogens with zero attached hydrogens (tertiary/aromatic N) is 5. The minimum Gasteiger partial charge on any atom is -0.431 e. The molecule has 0 radical (unpaired) electrons. The van der Waals surface area contributed by atoms with Gasteiger partial charge in [-0.2, -0.15) is 23.6 Å². The fourth-order valence-corrected chi connectivity index (χ4v) is 4.07. The van der Waals surface area contributed by atoms with Gasteiger partial charge in [0.25, 0.3) is 11.9 Å². The van der Waals surface area contributed by atoms with Gasteiger partial charge in [-0.15, -0.1) is 12.4 Å². The van der Waals surface area contributed by atoms with E-state index >= 15 is 0 Å². The predicted molar refractivity (Wildman–Crippen MR) is 131 cm³/mol. The highest BCUT2D eigenvalue weighted by Crippen LogP contribution is 2.34. The Morgan fingerprint density at radius 2 is 2.03 bits per heavy atom. The zero-order chi connectivity index (χ0) is 20.7. The molecule has 0 spiro atoms. The Bertz CT molecular complexity index is 1080. The highest BCUT2D eigenvalue weighted by atomic mass is 35.5. The van der Waals surface area contributed by atoms with Gasteiger partial charge in [0.2, 0.25) is 0 Å². The molecule has 2 saturated heterocycles. The van der Waals surface area contributed by atoms with Crippen molar-refractivity contribution in [3.8, 4) is 0 Å². The summed E-state index contributed by atoms with van der Waals surface area (Å²) in [6.45, 7) is 4.57. The van der Waals surface area contributed by atoms with Crippen LogP contribution >= 0.6 is 25.9 Å². The van der Waals surface area contributed by atoms with Crippen LogP contribution in [-0.4, -0.2) is 71.2 Å². The fraction of sp³-hybridized carbons (Fsp3) is 0.450. The third kappa shape index (κ3) is 4.65. The van der Waals surface area contributed by atoms with Gasteiger partial charge in [0, 0.05) is 51.7 Å². The minimum absolute atomic E-state index is 0. The van der Waals surface area contributed by atoms with Gasteiger partial charge < -0.3 is 30.0 Å². The molecule has 2 fully saturated rings. The van der Waals surface area contributed by atoms with Crippen molar-refractivity contribution < 1.29 is 14.3 Å². The van der Waals surface area contributed by atoms with E-state index in [1.54, 1.807) is 10.9 Å². The molecule has 2 aromatic heterocycles. The number of hydrogen-bond donors (Lipinski definition) is 3. The quantitative estimate of drug-likeness (QED) is 0.511. The van der Waals surface area contributed by atoms with Crippen LogP contribution in [0.15, 0.2) is 29.0 Å². The first-order valence-corrected chi connectivity index (χ1v) is 10.2. The first-order valence-electron chi connectivity index (χ1n) is 10.2. The number of halogens is 1. The second-order valence-electron chi connectivity index (χ2n) is 7.79. The summed E-state index contributed by atoms with van der Waals surface area (Å²) in [5.41, 5.74) is 2.68. The number of aliphatic hydroxyl groups excluding tert-OH is 1. The number of piperazine rings is 1. The zero-order valence-corrected chi connectivity index (χ0v) is 19.6. The number of oxazole rings is 1. The highest BCUT2D eigenvalue weighted by molar-refractivity contribution is 7.59. The summed E-state index contributed by atoms with van der Waals surface area (Å²) in [6, 6.07) is 4.38. The Balaban J connectivity index is 0.00000144. The molecule has 0 bridgehead atoms. The van der Waals surface area contributed by atoms with E-state index in [-0.39, 0.29) is 43.6 Å². The number of carbonyl (C=O) groups excluding carboxylic acids is 1. The maximum atomic E-state index is 12.9. The molecule has 0 aliphatic carbocycles. The maximum Gasteiger partial charge on any atom is 0.298 e. The summed E-state index contributed by atoms with van der Waals surface area (Å²) in [4.78, 5) is 21.4. The SMILES string of the molecule is Cl.Cn1ncc2cc(N3CC[C@H](O)C3)c(NC(=O)c3coc(N4CCNCC4)n3)cc21.S. The zero-order valence-electron chi connectivity index (χ0n) is 17.7. The van der Waals surface area contributed by atoms with Gasteiger partial charge in [-0.05, 0) is 18.6 Å². The summed E-state index contributed by atoms with van der Waals surface area (Å²) in [7, 11) is 1.87. The van der Waals surface area contributed by atoms with Crippen LogP contribution in [0.25, 0.3) is 10.9 Å². The number of aliphatic hydroxyl groups is 1. The third-order valence-electron chi connectivity index (χ3n) is 5.73. The van der Waals surface area contributed by atoms with Crippen LogP contribution in [0.1, 0.15) is 16.9 Å². The summed E-state index contributed by atoms with van der Waals surface area (Å²) >= 11 is 0. The van der Waals surface area contributed by atoms with Gasteiger partial charge in [-0.1, -0.05) is 0 Å². The number of benzene rings is 1. The molecule has 0 unspecified atom stereocenters. The van der Waals surface area contributed by atoms with Gasteiger partial charge in [-0.3, -0.25) is 9.48 Å². The lowest BCUT2D eigenvalue weighted by atomic mass is 10.1. The summed E-state index contributed by atoms with van der Waals surface area (Å²) in [5, 5.41) is 21.5. The number of β-amino-alcohol motifs (C(OH)–C–C–N with tert-alkyl or cyclic N) is 1. The predicted octanol–water partition coefficient (Wildman–Crippen LogP) is 1.33. The molecule has 4 heterocycles. The number of rotatable bonds is 4. The Labute approximate surface area is 198 Å². The smallest absolute Gasteiger partial charge is 0.298 e. The van der Waals surface area contributed by atoms with Crippen molar-refractivity contribution in [3.63, 3.8) is 0 Å². The van der Waals surface area contributed by atoms with Crippen molar-refractivity contribution in [3.05, 3.63) is 30.3 Å². The van der Waals surface area contributed by atoms with E-state index in [1.165, 1.54) is 6.26 Å². The van der Waals surface area contributed by atoms with E-state index in [2.05, 4.69) is 25.6 Å². The Hall–Kier alpha value is -2.47. The number of amides is 1. The van der Waals surface area contributed by atoms with Gasteiger partial charge >= 0.3 is 0 Å². The van der Waals surface area contributed by atoms with E-state index in [1.807, 2.05) is 24.1 Å². The number of hydrogen-bond acceptors (Lipinski definition) is 8. The van der Waals surface area contributed by atoms with Crippen molar-refractivity contribution in [2.45, 2.75) is 12.5 Å². The Morgan fingerprint density at radius 3 is 2.75 bits per heavy atom. The molecule has 32 heavy (non-hydrogen) atoms. The molecule has 1 amide bonds. The molecule has 2 aliphatic rings. The first-order chi connectivity index (χ1) is 14.6. The minimum atomic E-state index is -0.365. The Morgan fingerprint density at radius 1 is 1.25 bits per heavy atom. The van der Waals surface area contributed by atoms with E-state index in [0.717, 1.165) is 49.3 Å². The number of nitrogens with one attached hydrogen (secondary N) is 2. The van der Waals surface area contributed by atoms with Crippen LogP contribution in [0.2, 0.25) is 0 Å². The van der Waals surface area contributed by atoms with Crippen LogP contribution in [-0.2, 0) is 7.05 Å². The molecule has 12 heteroatoms. The molecular weight excluding hydrogens is 454 g/mol. The van der Waals surface area contributed by atoms with E-state index in [9.17, 15) is 9.90 Å². The van der Waals surface area contributed by atoms with Crippen molar-refractivity contribution in [1.82, 2.24) is 20.1 Å². The second kappa shape index (κ2) is 9.99. The summed E-state index contributed by atoms with van der Waals surface area (Å²) in [6.07, 6.45) is 3.54. The highest BCUT2D eigenvalue weighted by Gasteiger charge is 2.25. The third-order valence-corrected chi connectivity index (χ3v) is 5.73. The van der Waals surface area contributed by atoms with E-state index in [0.29, 0.717) is 24.7 Å². The molecule has 1 atom stereocenters. The monoisotopic (exact) mass is 481 g/mol. The number of anilines is 3. The molecule has 5 rings (SSSR count).